The summed E-state index contributed by atoms with van der Waals surface area (Å²) in [6, 6.07) is 5.05. The Morgan fingerprint density at radius 3 is 2.53 bits per heavy atom. The molecule has 0 unspecified atom stereocenters. The molecule has 1 atom stereocenters. The second-order valence-corrected chi connectivity index (χ2v) is 7.84. The largest absolute Gasteiger partial charge is 0.361 e. The van der Waals surface area contributed by atoms with Crippen molar-refractivity contribution in [3.05, 3.63) is 63.5 Å². The fraction of sp³-hybridized carbons (Fsp3) is 0.409. The zero-order valence-electron chi connectivity index (χ0n) is 16.8. The zero-order valence-corrected chi connectivity index (χ0v) is 16.8. The van der Waals surface area contributed by atoms with Crippen LogP contribution in [0.5, 0.6) is 0 Å². The van der Waals surface area contributed by atoms with Crippen LogP contribution in [-0.4, -0.2) is 14.8 Å². The number of alkyl halides is 2. The summed E-state index contributed by atoms with van der Waals surface area (Å²) >= 11 is 0. The van der Waals surface area contributed by atoms with Gasteiger partial charge in [0.05, 0.1) is 17.3 Å². The average Bonchev–Trinajstić information content (AvgIpc) is 3.24. The molecule has 0 aliphatic heterocycles. The van der Waals surface area contributed by atoms with Gasteiger partial charge in [0.15, 0.2) is 5.82 Å². The standard InChI is InChI=1S/C22H23F3N4O/c1-12(15-8-5-9-16(20(15)23)21(24)25)26-22-18-11-29(14-6-3-4-7-14)19(30)10-17(18)13(2)27-28-22/h5,8-12,14,21H,3-4,6-7H2,1-2H3,(H,26,28)/t12-/m1/s1. The fourth-order valence-electron chi connectivity index (χ4n) is 4.20. The smallest absolute Gasteiger partial charge is 0.266 e. The van der Waals surface area contributed by atoms with Crippen LogP contribution in [0.1, 0.15) is 67.9 Å². The highest BCUT2D eigenvalue weighted by atomic mass is 19.3. The SMILES string of the molecule is Cc1nnc(N[C@H](C)c2cccc(C(F)F)c2F)c2cn(C3CCCC3)c(=O)cc12. The number of hydrogen-bond donors (Lipinski definition) is 1. The molecular weight excluding hydrogens is 393 g/mol. The van der Waals surface area contributed by atoms with Crippen molar-refractivity contribution in [2.24, 2.45) is 0 Å². The number of benzene rings is 1. The molecular formula is C22H23F3N4O. The summed E-state index contributed by atoms with van der Waals surface area (Å²) in [5, 5.41) is 12.8. The normalized spacial score (nSPS) is 15.8. The summed E-state index contributed by atoms with van der Waals surface area (Å²) in [5.74, 6) is -0.545. The van der Waals surface area contributed by atoms with Crippen molar-refractivity contribution >= 4 is 16.6 Å². The zero-order chi connectivity index (χ0) is 21.4. The van der Waals surface area contributed by atoms with Gasteiger partial charge < -0.3 is 9.88 Å². The third kappa shape index (κ3) is 3.66. The molecule has 8 heteroatoms. The van der Waals surface area contributed by atoms with Gasteiger partial charge in [0.2, 0.25) is 0 Å². The van der Waals surface area contributed by atoms with Crippen molar-refractivity contribution in [2.45, 2.75) is 58.0 Å². The number of aryl methyl sites for hydroxylation is 1. The molecule has 1 aliphatic rings. The van der Waals surface area contributed by atoms with E-state index in [1.807, 2.05) is 0 Å². The third-order valence-corrected chi connectivity index (χ3v) is 5.86. The Labute approximate surface area is 171 Å². The van der Waals surface area contributed by atoms with Crippen molar-refractivity contribution in [1.29, 1.82) is 0 Å². The maximum Gasteiger partial charge on any atom is 0.266 e. The van der Waals surface area contributed by atoms with Crippen LogP contribution in [-0.2, 0) is 0 Å². The van der Waals surface area contributed by atoms with E-state index in [0.29, 0.717) is 22.3 Å². The highest BCUT2D eigenvalue weighted by molar-refractivity contribution is 5.92. The number of pyridine rings is 1. The van der Waals surface area contributed by atoms with E-state index in [9.17, 15) is 18.0 Å². The molecule has 0 spiro atoms. The molecule has 1 aliphatic carbocycles. The van der Waals surface area contributed by atoms with E-state index in [-0.39, 0.29) is 17.2 Å². The van der Waals surface area contributed by atoms with E-state index >= 15 is 0 Å². The van der Waals surface area contributed by atoms with Gasteiger partial charge in [0.1, 0.15) is 5.82 Å². The summed E-state index contributed by atoms with van der Waals surface area (Å²) < 4.78 is 42.4. The molecule has 0 bridgehead atoms. The fourth-order valence-corrected chi connectivity index (χ4v) is 4.20. The van der Waals surface area contributed by atoms with E-state index in [0.717, 1.165) is 31.7 Å². The lowest BCUT2D eigenvalue weighted by Gasteiger charge is -2.20. The summed E-state index contributed by atoms with van der Waals surface area (Å²) in [6.45, 7) is 3.45. The van der Waals surface area contributed by atoms with Crippen LogP contribution in [0.3, 0.4) is 0 Å². The van der Waals surface area contributed by atoms with Crippen molar-refractivity contribution in [3.8, 4) is 0 Å². The highest BCUT2D eigenvalue weighted by Gasteiger charge is 2.22. The number of halogens is 3. The Bertz CT molecular complexity index is 1140. The van der Waals surface area contributed by atoms with E-state index in [1.54, 1.807) is 30.7 Å². The number of fused-ring (bicyclic) bond motifs is 1. The predicted octanol–water partition coefficient (Wildman–Crippen LogP) is 5.46. The van der Waals surface area contributed by atoms with Gasteiger partial charge in [-0.2, -0.15) is 5.10 Å². The molecule has 0 radical (unpaired) electrons. The van der Waals surface area contributed by atoms with Crippen LogP contribution in [0.15, 0.2) is 35.3 Å². The van der Waals surface area contributed by atoms with E-state index in [2.05, 4.69) is 15.5 Å². The van der Waals surface area contributed by atoms with Crippen LogP contribution in [0, 0.1) is 12.7 Å². The monoisotopic (exact) mass is 416 g/mol. The molecule has 1 N–H and O–H groups in total. The second kappa shape index (κ2) is 8.08. The first-order valence-corrected chi connectivity index (χ1v) is 10.1. The Morgan fingerprint density at radius 1 is 1.13 bits per heavy atom. The van der Waals surface area contributed by atoms with Gasteiger partial charge in [-0.25, -0.2) is 13.2 Å². The lowest BCUT2D eigenvalue weighted by molar-refractivity contribution is 0.146. The van der Waals surface area contributed by atoms with E-state index < -0.39 is 23.8 Å². The summed E-state index contributed by atoms with van der Waals surface area (Å²) in [7, 11) is 0. The number of anilines is 1. The maximum atomic E-state index is 14.6. The van der Waals surface area contributed by atoms with Gasteiger partial charge in [0, 0.05) is 34.6 Å². The van der Waals surface area contributed by atoms with Gasteiger partial charge in [-0.05, 0) is 26.7 Å². The molecule has 0 saturated heterocycles. The first-order valence-electron chi connectivity index (χ1n) is 10.1. The minimum absolute atomic E-state index is 0.0832. The molecule has 1 fully saturated rings. The lowest BCUT2D eigenvalue weighted by Crippen LogP contribution is -2.23. The van der Waals surface area contributed by atoms with Gasteiger partial charge in [-0.15, -0.1) is 5.10 Å². The summed E-state index contributed by atoms with van der Waals surface area (Å²) in [5.41, 5.74) is 0.0217. The highest BCUT2D eigenvalue weighted by Crippen LogP contribution is 2.32. The Hall–Kier alpha value is -2.90. The van der Waals surface area contributed by atoms with Crippen molar-refractivity contribution in [1.82, 2.24) is 14.8 Å². The van der Waals surface area contributed by atoms with Gasteiger partial charge in [-0.3, -0.25) is 4.79 Å². The predicted molar refractivity (Wildman–Crippen MR) is 109 cm³/mol. The maximum absolute atomic E-state index is 14.6. The molecule has 1 saturated carbocycles. The minimum Gasteiger partial charge on any atom is -0.361 e. The second-order valence-electron chi connectivity index (χ2n) is 7.84. The molecule has 0 amide bonds. The van der Waals surface area contributed by atoms with Crippen LogP contribution >= 0.6 is 0 Å². The molecule has 1 aromatic carbocycles. The molecule has 2 heterocycles. The minimum atomic E-state index is -2.89. The van der Waals surface area contributed by atoms with E-state index in [4.69, 9.17) is 0 Å². The van der Waals surface area contributed by atoms with Crippen LogP contribution in [0.4, 0.5) is 19.0 Å². The van der Waals surface area contributed by atoms with E-state index in [1.165, 1.54) is 12.1 Å². The molecule has 4 rings (SSSR count). The average molecular weight is 416 g/mol. The van der Waals surface area contributed by atoms with Crippen molar-refractivity contribution < 1.29 is 13.2 Å². The first kappa shape index (κ1) is 20.4. The molecule has 5 nitrogen and oxygen atoms in total. The van der Waals surface area contributed by atoms with Gasteiger partial charge in [-0.1, -0.05) is 31.0 Å². The molecule has 158 valence electrons. The molecule has 3 aromatic rings. The number of nitrogens with zero attached hydrogens (tertiary/aromatic N) is 3. The molecule has 2 aromatic heterocycles. The number of aromatic nitrogens is 3. The van der Waals surface area contributed by atoms with Gasteiger partial charge >= 0.3 is 0 Å². The number of nitrogens with one attached hydrogen (secondary N) is 1. The first-order chi connectivity index (χ1) is 14.4. The van der Waals surface area contributed by atoms with Crippen molar-refractivity contribution in [3.63, 3.8) is 0 Å². The van der Waals surface area contributed by atoms with Crippen LogP contribution < -0.4 is 10.9 Å². The summed E-state index contributed by atoms with van der Waals surface area (Å²) in [6.07, 6.45) is 2.98. The van der Waals surface area contributed by atoms with Crippen molar-refractivity contribution in [2.75, 3.05) is 5.32 Å². The number of rotatable bonds is 5. The Balaban J connectivity index is 1.76. The lowest BCUT2D eigenvalue weighted by atomic mass is 10.0. The summed E-state index contributed by atoms with van der Waals surface area (Å²) in [4.78, 5) is 12.6. The van der Waals surface area contributed by atoms with Crippen LogP contribution in [0.2, 0.25) is 0 Å². The molecule has 30 heavy (non-hydrogen) atoms. The Kier molecular flexibility index (Phi) is 5.49. The van der Waals surface area contributed by atoms with Crippen LogP contribution in [0.25, 0.3) is 10.8 Å². The number of hydrogen-bond acceptors (Lipinski definition) is 4. The third-order valence-electron chi connectivity index (χ3n) is 5.86. The Morgan fingerprint density at radius 2 is 1.83 bits per heavy atom. The van der Waals surface area contributed by atoms with Gasteiger partial charge in [0.25, 0.3) is 12.0 Å². The quantitative estimate of drug-likeness (QED) is 0.600. The topological polar surface area (TPSA) is 59.8 Å².